The third kappa shape index (κ3) is 2.87. The van der Waals surface area contributed by atoms with Crippen LogP contribution in [0.2, 0.25) is 0 Å². The number of hydrogen-bond donors (Lipinski definition) is 0. The van der Waals surface area contributed by atoms with Gasteiger partial charge in [-0.05, 0) is 18.2 Å². The molecule has 4 amide bonds. The van der Waals surface area contributed by atoms with E-state index in [-0.39, 0.29) is 21.1 Å². The van der Waals surface area contributed by atoms with E-state index in [0.29, 0.717) is 0 Å². The molecule has 4 aromatic rings. The number of rotatable bonds is 2. The highest BCUT2D eigenvalue weighted by atomic mass is 19.2. The van der Waals surface area contributed by atoms with Gasteiger partial charge in [-0.1, -0.05) is 30.3 Å². The van der Waals surface area contributed by atoms with Gasteiger partial charge in [0.15, 0.2) is 23.3 Å². The monoisotopic (exact) mass is 540 g/mol. The lowest BCUT2D eigenvalue weighted by atomic mass is 9.84. The van der Waals surface area contributed by atoms with Crippen LogP contribution in [0.3, 0.4) is 0 Å². The second kappa shape index (κ2) is 8.31. The molecule has 12 heteroatoms. The fourth-order valence-electron chi connectivity index (χ4n) is 5.01. The molecule has 40 heavy (non-hydrogen) atoms. The molecule has 0 aliphatic carbocycles. The summed E-state index contributed by atoms with van der Waals surface area (Å²) >= 11 is 0. The molecule has 8 nitrogen and oxygen atoms in total. The molecule has 0 saturated carbocycles. The Morgan fingerprint density at radius 1 is 0.625 bits per heavy atom. The predicted molar refractivity (Wildman–Crippen MR) is 130 cm³/mol. The number of imide groups is 2. The van der Waals surface area contributed by atoms with Crippen LogP contribution in [0.1, 0.15) is 47.0 Å². The average molecular weight is 540 g/mol. The summed E-state index contributed by atoms with van der Waals surface area (Å²) in [5, 5.41) is 7.52. The zero-order chi connectivity index (χ0) is 28.6. The quantitative estimate of drug-likeness (QED) is 0.192. The number of para-hydroxylation sites is 3. The number of anilines is 2. The van der Waals surface area contributed by atoms with Gasteiger partial charge < -0.3 is 0 Å². The lowest BCUT2D eigenvalue weighted by molar-refractivity contribution is 0.0863. The van der Waals surface area contributed by atoms with E-state index in [2.05, 4.69) is 4.85 Å². The Balaban J connectivity index is 1.74. The van der Waals surface area contributed by atoms with Crippen molar-refractivity contribution >= 4 is 51.5 Å². The minimum absolute atomic E-state index is 0.202. The number of amides is 4. The highest BCUT2D eigenvalue weighted by Crippen LogP contribution is 2.45. The molecule has 2 aliphatic heterocycles. The van der Waals surface area contributed by atoms with E-state index >= 15 is 17.6 Å². The van der Waals surface area contributed by atoms with Crippen LogP contribution >= 0.6 is 0 Å². The van der Waals surface area contributed by atoms with Crippen molar-refractivity contribution < 1.29 is 36.7 Å². The molecule has 0 atom stereocenters. The predicted octanol–water partition coefficient (Wildman–Crippen LogP) is 5.42. The summed E-state index contributed by atoms with van der Waals surface area (Å²) in [5.74, 6) is -13.9. The van der Waals surface area contributed by atoms with Gasteiger partial charge in [-0.2, -0.15) is 5.26 Å². The van der Waals surface area contributed by atoms with E-state index in [0.717, 1.165) is 12.1 Å². The molecular weight excluding hydrogens is 532 g/mol. The Morgan fingerprint density at radius 2 is 1.00 bits per heavy atom. The second-order valence-corrected chi connectivity index (χ2v) is 8.63. The van der Waals surface area contributed by atoms with E-state index in [1.54, 1.807) is 6.07 Å². The van der Waals surface area contributed by atoms with Gasteiger partial charge in [-0.25, -0.2) is 27.3 Å². The number of halogens is 4. The molecule has 2 heterocycles. The lowest BCUT2D eigenvalue weighted by Gasteiger charge is -2.33. The van der Waals surface area contributed by atoms with E-state index in [1.807, 2.05) is 0 Å². The van der Waals surface area contributed by atoms with Crippen molar-refractivity contribution in [2.45, 2.75) is 0 Å². The first-order valence-electron chi connectivity index (χ1n) is 11.2. The van der Waals surface area contributed by atoms with Gasteiger partial charge in [-0.15, -0.1) is 0 Å². The van der Waals surface area contributed by atoms with Gasteiger partial charge in [0, 0.05) is 10.8 Å². The number of carbonyl (C=O) groups is 4. The van der Waals surface area contributed by atoms with Gasteiger partial charge in [0.25, 0.3) is 23.6 Å². The summed E-state index contributed by atoms with van der Waals surface area (Å²) in [4.78, 5) is 57.5. The molecule has 6 rings (SSSR count). The fourth-order valence-corrected chi connectivity index (χ4v) is 5.01. The maximum Gasteiger partial charge on any atom is 0.269 e. The summed E-state index contributed by atoms with van der Waals surface area (Å²) in [6.45, 7) is 7.31. The molecule has 0 saturated heterocycles. The van der Waals surface area contributed by atoms with Crippen LogP contribution < -0.4 is 9.80 Å². The van der Waals surface area contributed by atoms with E-state index in [9.17, 15) is 24.4 Å². The first-order valence-corrected chi connectivity index (χ1v) is 11.2. The zero-order valence-corrected chi connectivity index (χ0v) is 19.6. The molecule has 0 aromatic heterocycles. The Morgan fingerprint density at radius 3 is 1.43 bits per heavy atom. The first-order chi connectivity index (χ1) is 19.1. The van der Waals surface area contributed by atoms with Crippen molar-refractivity contribution in [1.82, 2.24) is 0 Å². The Bertz CT molecular complexity index is 1800. The number of carbonyl (C=O) groups excluding carboxylic acids is 4. The number of benzene rings is 4. The Labute approximate surface area is 220 Å². The molecule has 0 radical (unpaired) electrons. The van der Waals surface area contributed by atoms with E-state index in [1.165, 1.54) is 36.4 Å². The van der Waals surface area contributed by atoms with Gasteiger partial charge in [0.05, 0.1) is 45.8 Å². The average Bonchev–Trinajstić information content (AvgIpc) is 2.95. The Kier molecular flexibility index (Phi) is 5.08. The molecular formula is C28H8F4N4O4. The molecule has 0 N–H and O–H groups in total. The van der Waals surface area contributed by atoms with Crippen LogP contribution in [0.15, 0.2) is 48.5 Å². The molecule has 2 aliphatic rings. The van der Waals surface area contributed by atoms with Gasteiger partial charge in [0.1, 0.15) is 6.07 Å². The normalized spacial score (nSPS) is 14.1. The zero-order valence-electron chi connectivity index (χ0n) is 19.6. The maximum absolute atomic E-state index is 15.7. The van der Waals surface area contributed by atoms with Crippen LogP contribution in [-0.4, -0.2) is 23.6 Å². The lowest BCUT2D eigenvalue weighted by Crippen LogP contribution is -2.46. The SMILES string of the molecule is [C-]#[N+]c1ccccc1N1C(=O)c2c(F)c(F)c3c4c(c(F)c(F)c(c24)C1=O)C(=O)N(c1ccccc1C#N)C3=O. The molecule has 0 unspecified atom stereocenters. The van der Waals surface area contributed by atoms with Crippen LogP contribution in [0, 0.1) is 41.2 Å². The van der Waals surface area contributed by atoms with Crippen molar-refractivity contribution in [3.63, 3.8) is 0 Å². The van der Waals surface area contributed by atoms with Gasteiger partial charge in [0.2, 0.25) is 5.69 Å². The fraction of sp³-hybridized carbons (Fsp3) is 0. The molecule has 0 bridgehead atoms. The van der Waals surface area contributed by atoms with E-state index < -0.39 is 91.3 Å². The minimum Gasteiger partial charge on any atom is -0.268 e. The van der Waals surface area contributed by atoms with Gasteiger partial charge >= 0.3 is 0 Å². The number of nitrogens with zero attached hydrogens (tertiary/aromatic N) is 4. The molecule has 4 aromatic carbocycles. The van der Waals surface area contributed by atoms with Crippen LogP contribution in [0.25, 0.3) is 15.6 Å². The van der Waals surface area contributed by atoms with Crippen LogP contribution in [0.4, 0.5) is 34.6 Å². The Hall–Kier alpha value is -5.88. The summed E-state index contributed by atoms with van der Waals surface area (Å²) in [6.07, 6.45) is 0. The smallest absolute Gasteiger partial charge is 0.268 e. The van der Waals surface area contributed by atoms with E-state index in [4.69, 9.17) is 6.57 Å². The summed E-state index contributed by atoms with van der Waals surface area (Å²) < 4.78 is 62.6. The summed E-state index contributed by atoms with van der Waals surface area (Å²) in [6, 6.07) is 11.8. The molecule has 0 spiro atoms. The maximum atomic E-state index is 15.7. The second-order valence-electron chi connectivity index (χ2n) is 8.63. The third-order valence-corrected chi connectivity index (χ3v) is 6.69. The van der Waals surface area contributed by atoms with Crippen LogP contribution in [0.5, 0.6) is 0 Å². The largest absolute Gasteiger partial charge is 0.269 e. The van der Waals surface area contributed by atoms with Crippen molar-refractivity contribution in [2.75, 3.05) is 9.80 Å². The molecule has 192 valence electrons. The topological polar surface area (TPSA) is 103 Å². The van der Waals surface area contributed by atoms with Crippen molar-refractivity contribution in [1.29, 1.82) is 5.26 Å². The van der Waals surface area contributed by atoms with Crippen molar-refractivity contribution in [3.05, 3.63) is 111 Å². The summed E-state index contributed by atoms with van der Waals surface area (Å²) in [5.41, 5.74) is -6.26. The standard InChI is InChI=1S/C28H8F4N4O4/c1-34-12-7-3-5-9-14(12)36-27(39)19-16-15-17(21(29)23(19)31)25(37)35(13-8-4-2-6-11(13)10-33)26(38)18(15)22(30)24(32)20(16)28(36)40/h2-9H. The first kappa shape index (κ1) is 24.5. The van der Waals surface area contributed by atoms with Crippen LogP contribution in [-0.2, 0) is 0 Å². The number of nitriles is 1. The van der Waals surface area contributed by atoms with Crippen molar-refractivity contribution in [3.8, 4) is 6.07 Å². The third-order valence-electron chi connectivity index (χ3n) is 6.69. The highest BCUT2D eigenvalue weighted by molar-refractivity contribution is 6.42. The van der Waals surface area contributed by atoms with Crippen molar-refractivity contribution in [2.24, 2.45) is 0 Å². The number of hydrogen-bond acceptors (Lipinski definition) is 5. The summed E-state index contributed by atoms with van der Waals surface area (Å²) in [7, 11) is 0. The minimum atomic E-state index is -1.96. The molecule has 0 fully saturated rings. The van der Waals surface area contributed by atoms with Gasteiger partial charge in [-0.3, -0.25) is 24.1 Å². The highest BCUT2D eigenvalue weighted by Gasteiger charge is 2.48.